The lowest BCUT2D eigenvalue weighted by molar-refractivity contribution is -0.390. The Balaban J connectivity index is 3.44. The number of pyridine rings is 1. The number of rotatable bonds is 4. The molecular formula is C9H7F3N2O6. The predicted octanol–water partition coefficient (Wildman–Crippen LogP) is 1.36. The van der Waals surface area contributed by atoms with Crippen LogP contribution in [0.1, 0.15) is 17.3 Å². The SMILES string of the molecule is CCOC(=O)c1c(OC(F)(F)F)[nH]c([N+](=O)[O-])cc1=O. The Labute approximate surface area is 108 Å². The highest BCUT2D eigenvalue weighted by atomic mass is 19.4. The lowest BCUT2D eigenvalue weighted by Crippen LogP contribution is -2.25. The van der Waals surface area contributed by atoms with Crippen molar-refractivity contribution in [3.8, 4) is 5.88 Å². The molecule has 0 fully saturated rings. The molecule has 0 aliphatic rings. The first-order chi connectivity index (χ1) is 9.15. The summed E-state index contributed by atoms with van der Waals surface area (Å²) >= 11 is 0. The summed E-state index contributed by atoms with van der Waals surface area (Å²) in [5, 5.41) is 10.5. The van der Waals surface area contributed by atoms with Crippen LogP contribution >= 0.6 is 0 Å². The van der Waals surface area contributed by atoms with Crippen LogP contribution in [0.2, 0.25) is 0 Å². The molecule has 0 aliphatic carbocycles. The van der Waals surface area contributed by atoms with Crippen LogP contribution in [0.5, 0.6) is 5.88 Å². The number of aromatic amines is 1. The van der Waals surface area contributed by atoms with Gasteiger partial charge in [0, 0.05) is 0 Å². The van der Waals surface area contributed by atoms with Gasteiger partial charge >= 0.3 is 24.0 Å². The summed E-state index contributed by atoms with van der Waals surface area (Å²) in [7, 11) is 0. The zero-order chi connectivity index (χ0) is 15.5. The summed E-state index contributed by atoms with van der Waals surface area (Å²) in [6, 6.07) is 0.357. The number of esters is 1. The van der Waals surface area contributed by atoms with Crippen LogP contribution in [0, 0.1) is 10.1 Å². The fourth-order valence-electron chi connectivity index (χ4n) is 1.21. The van der Waals surface area contributed by atoms with Gasteiger partial charge in [-0.2, -0.15) is 0 Å². The van der Waals surface area contributed by atoms with E-state index in [0.717, 1.165) is 0 Å². The number of ether oxygens (including phenoxy) is 2. The minimum Gasteiger partial charge on any atom is -0.462 e. The Hall–Kier alpha value is -2.59. The van der Waals surface area contributed by atoms with Crippen LogP contribution in [-0.2, 0) is 4.74 Å². The average molecular weight is 296 g/mol. The summed E-state index contributed by atoms with van der Waals surface area (Å²) in [6.45, 7) is 1.16. The highest BCUT2D eigenvalue weighted by Gasteiger charge is 2.37. The number of nitrogens with zero attached hydrogens (tertiary/aromatic N) is 1. The van der Waals surface area contributed by atoms with Gasteiger partial charge in [-0.15, -0.1) is 13.2 Å². The Morgan fingerprint density at radius 2 is 2.10 bits per heavy atom. The molecule has 0 unspecified atom stereocenters. The largest absolute Gasteiger partial charge is 0.575 e. The molecule has 0 amide bonds. The molecule has 20 heavy (non-hydrogen) atoms. The number of hydrogen-bond donors (Lipinski definition) is 1. The number of nitrogens with one attached hydrogen (secondary N) is 1. The molecule has 0 saturated heterocycles. The monoisotopic (exact) mass is 296 g/mol. The Bertz CT molecular complexity index is 594. The van der Waals surface area contributed by atoms with Gasteiger partial charge in [-0.1, -0.05) is 0 Å². The summed E-state index contributed by atoms with van der Waals surface area (Å²) in [5.41, 5.74) is -2.43. The number of hydrogen-bond acceptors (Lipinski definition) is 6. The number of aromatic nitrogens is 1. The maximum atomic E-state index is 12.2. The molecule has 0 aliphatic heterocycles. The quantitative estimate of drug-likeness (QED) is 0.510. The van der Waals surface area contributed by atoms with Crippen molar-refractivity contribution in [2.75, 3.05) is 6.61 Å². The molecule has 0 aromatic carbocycles. The molecule has 1 aromatic heterocycles. The highest BCUT2D eigenvalue weighted by Crippen LogP contribution is 2.25. The first-order valence-corrected chi connectivity index (χ1v) is 5.00. The molecule has 1 rings (SSSR count). The molecule has 0 saturated carbocycles. The molecule has 8 nitrogen and oxygen atoms in total. The standard InChI is InChI=1S/C9H7F3N2O6/c1-2-19-8(16)6-4(15)3-5(14(17)18)13-7(6)20-9(10,11)12/h3H,2H2,1H3,(H,13,15). The van der Waals surface area contributed by atoms with Crippen LogP contribution in [0.3, 0.4) is 0 Å². The van der Waals surface area contributed by atoms with E-state index in [-0.39, 0.29) is 6.61 Å². The molecule has 0 bridgehead atoms. The molecule has 1 heterocycles. The summed E-state index contributed by atoms with van der Waals surface area (Å²) < 4.78 is 44.3. The van der Waals surface area contributed by atoms with Crippen LogP contribution < -0.4 is 10.2 Å². The Kier molecular flexibility index (Phi) is 4.32. The van der Waals surface area contributed by atoms with Gasteiger partial charge in [0.25, 0.3) is 0 Å². The Morgan fingerprint density at radius 3 is 2.55 bits per heavy atom. The van der Waals surface area contributed by atoms with Gasteiger partial charge in [-0.05, 0) is 11.8 Å². The topological polar surface area (TPSA) is 112 Å². The second kappa shape index (κ2) is 5.59. The van der Waals surface area contributed by atoms with E-state index in [1.54, 1.807) is 4.98 Å². The number of halogens is 3. The van der Waals surface area contributed by atoms with E-state index in [4.69, 9.17) is 0 Å². The van der Waals surface area contributed by atoms with Crippen LogP contribution in [0.4, 0.5) is 19.0 Å². The number of nitro groups is 1. The van der Waals surface area contributed by atoms with Gasteiger partial charge in [-0.25, -0.2) is 9.78 Å². The zero-order valence-corrected chi connectivity index (χ0v) is 9.82. The van der Waals surface area contributed by atoms with Crippen molar-refractivity contribution in [2.24, 2.45) is 0 Å². The van der Waals surface area contributed by atoms with Crippen LogP contribution in [-0.4, -0.2) is 28.8 Å². The minimum absolute atomic E-state index is 0.208. The summed E-state index contributed by atoms with van der Waals surface area (Å²) in [6.07, 6.45) is -5.25. The molecule has 0 radical (unpaired) electrons. The fourth-order valence-corrected chi connectivity index (χ4v) is 1.21. The number of alkyl halides is 3. The molecule has 1 aromatic rings. The minimum atomic E-state index is -5.25. The molecule has 110 valence electrons. The van der Waals surface area contributed by atoms with Crippen molar-refractivity contribution in [2.45, 2.75) is 13.3 Å². The van der Waals surface area contributed by atoms with Gasteiger partial charge in [0.2, 0.25) is 5.43 Å². The zero-order valence-electron chi connectivity index (χ0n) is 9.82. The lowest BCUT2D eigenvalue weighted by Gasteiger charge is -2.09. The third-order valence-corrected chi connectivity index (χ3v) is 1.88. The molecule has 0 spiro atoms. The van der Waals surface area contributed by atoms with Gasteiger partial charge in [0.05, 0.1) is 12.7 Å². The van der Waals surface area contributed by atoms with Crippen molar-refractivity contribution in [1.82, 2.24) is 4.98 Å². The smallest absolute Gasteiger partial charge is 0.462 e. The van der Waals surface area contributed by atoms with Gasteiger partial charge in [0.15, 0.2) is 5.56 Å². The molecule has 0 atom stereocenters. The first-order valence-electron chi connectivity index (χ1n) is 5.00. The second-order valence-electron chi connectivity index (χ2n) is 3.25. The summed E-state index contributed by atoms with van der Waals surface area (Å²) in [4.78, 5) is 33.8. The van der Waals surface area contributed by atoms with Crippen molar-refractivity contribution in [3.05, 3.63) is 32.0 Å². The van der Waals surface area contributed by atoms with E-state index < -0.39 is 39.9 Å². The van der Waals surface area contributed by atoms with Crippen LogP contribution in [0.25, 0.3) is 0 Å². The molecular weight excluding hydrogens is 289 g/mol. The maximum Gasteiger partial charge on any atom is 0.575 e. The fraction of sp³-hybridized carbons (Fsp3) is 0.333. The number of carbonyl (C=O) groups is 1. The van der Waals surface area contributed by atoms with Gasteiger partial charge < -0.3 is 19.6 Å². The first kappa shape index (κ1) is 15.5. The van der Waals surface area contributed by atoms with E-state index in [9.17, 15) is 32.9 Å². The van der Waals surface area contributed by atoms with E-state index >= 15 is 0 Å². The molecule has 11 heteroatoms. The summed E-state index contributed by atoms with van der Waals surface area (Å²) in [5.74, 6) is -3.83. The van der Waals surface area contributed by atoms with E-state index in [1.165, 1.54) is 6.92 Å². The van der Waals surface area contributed by atoms with E-state index in [1.807, 2.05) is 0 Å². The predicted molar refractivity (Wildman–Crippen MR) is 56.4 cm³/mol. The van der Waals surface area contributed by atoms with Crippen molar-refractivity contribution in [3.63, 3.8) is 0 Å². The maximum absolute atomic E-state index is 12.2. The number of carbonyl (C=O) groups excluding carboxylic acids is 1. The van der Waals surface area contributed by atoms with Crippen molar-refractivity contribution >= 4 is 11.8 Å². The third kappa shape index (κ3) is 3.70. The van der Waals surface area contributed by atoms with Gasteiger partial charge in [0.1, 0.15) is 0 Å². The van der Waals surface area contributed by atoms with Crippen LogP contribution in [0.15, 0.2) is 10.9 Å². The lowest BCUT2D eigenvalue weighted by atomic mass is 10.2. The highest BCUT2D eigenvalue weighted by molar-refractivity contribution is 5.91. The van der Waals surface area contributed by atoms with E-state index in [0.29, 0.717) is 6.07 Å². The average Bonchev–Trinajstić information content (AvgIpc) is 2.25. The van der Waals surface area contributed by atoms with Crippen molar-refractivity contribution < 1.29 is 32.4 Å². The normalized spacial score (nSPS) is 11.0. The molecule has 1 N–H and O–H groups in total. The Morgan fingerprint density at radius 1 is 1.50 bits per heavy atom. The second-order valence-corrected chi connectivity index (χ2v) is 3.25. The number of H-pyrrole nitrogens is 1. The van der Waals surface area contributed by atoms with E-state index in [2.05, 4.69) is 9.47 Å². The third-order valence-electron chi connectivity index (χ3n) is 1.88. The van der Waals surface area contributed by atoms with Crippen molar-refractivity contribution in [1.29, 1.82) is 0 Å². The van der Waals surface area contributed by atoms with Gasteiger partial charge in [-0.3, -0.25) is 4.79 Å².